The fourth-order valence-corrected chi connectivity index (χ4v) is 4.19. The van der Waals surface area contributed by atoms with Crippen LogP contribution in [0.15, 0.2) is 29.2 Å². The fraction of sp³-hybridized carbons (Fsp3) is 0.625. The summed E-state index contributed by atoms with van der Waals surface area (Å²) in [6.07, 6.45) is 6.32. The van der Waals surface area contributed by atoms with Crippen molar-refractivity contribution in [3.05, 3.63) is 24.2 Å². The predicted molar refractivity (Wildman–Crippen MR) is 95.1 cm³/mol. The Bertz CT molecular complexity index is 638. The van der Waals surface area contributed by atoms with Crippen molar-refractivity contribution in [2.75, 3.05) is 26.1 Å². The third kappa shape index (κ3) is 2.89. The van der Waals surface area contributed by atoms with Crippen LogP contribution in [0.1, 0.15) is 13.3 Å². The molecule has 23 heavy (non-hydrogen) atoms. The molecular weight excluding hydrogens is 313 g/mol. The number of nitrogens with two attached hydrogens (primary N) is 1. The highest BCUT2D eigenvalue weighted by Gasteiger charge is 2.62. The Labute approximate surface area is 137 Å². The van der Waals surface area contributed by atoms with E-state index in [2.05, 4.69) is 31.2 Å². The molecule has 2 saturated heterocycles. The largest absolute Gasteiger partial charge is 0.387 e. The number of hydrogen-bond acceptors (Lipinski definition) is 6. The molecule has 3 aliphatic rings. The lowest BCUT2D eigenvalue weighted by atomic mass is 9.96. The first kappa shape index (κ1) is 16.8. The van der Waals surface area contributed by atoms with Crippen molar-refractivity contribution in [2.45, 2.75) is 37.4 Å². The molecule has 0 aromatic rings. The Morgan fingerprint density at radius 1 is 1.57 bits per heavy atom. The van der Waals surface area contributed by atoms with Gasteiger partial charge in [0, 0.05) is 11.8 Å². The molecule has 3 rings (SSSR count). The number of amidine groups is 1. The van der Waals surface area contributed by atoms with E-state index in [9.17, 15) is 5.11 Å². The van der Waals surface area contributed by atoms with Crippen molar-refractivity contribution < 1.29 is 14.6 Å². The Hall–Kier alpha value is -1.07. The van der Waals surface area contributed by atoms with E-state index in [1.54, 1.807) is 0 Å². The average molecular weight is 339 g/mol. The van der Waals surface area contributed by atoms with Crippen molar-refractivity contribution >= 4 is 19.0 Å². The highest BCUT2D eigenvalue weighted by atomic mass is 31.2. The molecule has 2 fully saturated rings. The van der Waals surface area contributed by atoms with Crippen LogP contribution in [0.4, 0.5) is 0 Å². The molecule has 3 aliphatic heterocycles. The summed E-state index contributed by atoms with van der Waals surface area (Å²) in [4.78, 5) is 6.05. The summed E-state index contributed by atoms with van der Waals surface area (Å²) in [6.45, 7) is 9.42. The van der Waals surface area contributed by atoms with Gasteiger partial charge in [0.05, 0.1) is 6.61 Å². The highest BCUT2D eigenvalue weighted by Crippen LogP contribution is 2.47. The van der Waals surface area contributed by atoms with E-state index in [1.165, 1.54) is 0 Å². The van der Waals surface area contributed by atoms with Gasteiger partial charge in [-0.1, -0.05) is 6.58 Å². The van der Waals surface area contributed by atoms with E-state index in [0.29, 0.717) is 18.3 Å². The number of aliphatic imine (C=N–C) groups is 1. The van der Waals surface area contributed by atoms with Gasteiger partial charge in [-0.25, -0.2) is 4.99 Å². The maximum Gasteiger partial charge on any atom is 0.165 e. The third-order valence-corrected chi connectivity index (χ3v) is 6.14. The molecular formula is C16H26N3O3P. The summed E-state index contributed by atoms with van der Waals surface area (Å²) in [5.74, 6) is 0.954. The van der Waals surface area contributed by atoms with Gasteiger partial charge >= 0.3 is 0 Å². The number of aliphatic hydroxyl groups excluding tert-OH is 1. The van der Waals surface area contributed by atoms with Crippen molar-refractivity contribution in [3.63, 3.8) is 0 Å². The second-order valence-electron chi connectivity index (χ2n) is 7.34. The minimum absolute atomic E-state index is 0.406. The molecule has 0 aromatic heterocycles. The monoisotopic (exact) mass is 339 g/mol. The fourth-order valence-electron chi connectivity index (χ4n) is 3.20. The molecule has 7 heteroatoms. The van der Waals surface area contributed by atoms with Gasteiger partial charge < -0.3 is 25.2 Å². The Morgan fingerprint density at radius 2 is 2.26 bits per heavy atom. The minimum atomic E-state index is -1.19. The molecule has 0 aliphatic carbocycles. The summed E-state index contributed by atoms with van der Waals surface area (Å²) >= 11 is 0. The first-order valence-corrected chi connectivity index (χ1v) is 10.8. The number of ether oxygens (including phenoxy) is 2. The van der Waals surface area contributed by atoms with Crippen LogP contribution in [0.5, 0.6) is 0 Å². The van der Waals surface area contributed by atoms with Crippen LogP contribution in [-0.4, -0.2) is 72.3 Å². The van der Waals surface area contributed by atoms with Crippen LogP contribution in [0.3, 0.4) is 0 Å². The van der Waals surface area contributed by atoms with Crippen LogP contribution in [0.25, 0.3) is 0 Å². The molecule has 4 atom stereocenters. The van der Waals surface area contributed by atoms with E-state index >= 15 is 0 Å². The van der Waals surface area contributed by atoms with E-state index in [-0.39, 0.29) is 0 Å². The molecule has 128 valence electrons. The van der Waals surface area contributed by atoms with E-state index in [1.807, 2.05) is 18.0 Å². The van der Waals surface area contributed by atoms with Gasteiger partial charge in [-0.05, 0) is 32.8 Å². The van der Waals surface area contributed by atoms with Crippen molar-refractivity contribution in [3.8, 4) is 0 Å². The average Bonchev–Trinajstić information content (AvgIpc) is 2.91. The number of fused-ring (bicyclic) bond motifs is 2. The zero-order chi connectivity index (χ0) is 17.0. The Balaban J connectivity index is 1.80. The quantitative estimate of drug-likeness (QED) is 0.747. The van der Waals surface area contributed by atoms with Crippen LogP contribution in [0, 0.1) is 0 Å². The second-order valence-corrected chi connectivity index (χ2v) is 11.7. The molecule has 6 nitrogen and oxygen atoms in total. The summed E-state index contributed by atoms with van der Waals surface area (Å²) in [7, 11) is 0. The van der Waals surface area contributed by atoms with E-state index in [4.69, 9.17) is 15.2 Å². The molecule has 0 spiro atoms. The van der Waals surface area contributed by atoms with Gasteiger partial charge in [0.15, 0.2) is 6.23 Å². The highest BCUT2D eigenvalue weighted by molar-refractivity contribution is 7.72. The summed E-state index contributed by atoms with van der Waals surface area (Å²) in [5.41, 5.74) is 6.01. The van der Waals surface area contributed by atoms with E-state index in [0.717, 1.165) is 18.2 Å². The van der Waals surface area contributed by atoms with Crippen molar-refractivity contribution in [1.82, 2.24) is 4.90 Å². The van der Waals surface area contributed by atoms with Crippen LogP contribution < -0.4 is 5.73 Å². The molecule has 3 N–H and O–H groups in total. The number of nitrogens with zero attached hydrogens (tertiary/aromatic N) is 2. The number of hydrogen-bond donors (Lipinski definition) is 2. The van der Waals surface area contributed by atoms with Gasteiger partial charge in [-0.2, -0.15) is 0 Å². The smallest absolute Gasteiger partial charge is 0.165 e. The molecule has 0 aromatic carbocycles. The predicted octanol–water partition coefficient (Wildman–Crippen LogP) is 0.988. The van der Waals surface area contributed by atoms with Gasteiger partial charge in [-0.15, -0.1) is 13.2 Å². The molecule has 3 heterocycles. The third-order valence-electron chi connectivity index (χ3n) is 4.71. The number of rotatable bonds is 4. The normalized spacial score (nSPS) is 37.1. The van der Waals surface area contributed by atoms with Crippen molar-refractivity contribution in [2.24, 2.45) is 10.7 Å². The summed E-state index contributed by atoms with van der Waals surface area (Å²) < 4.78 is 12.1. The van der Waals surface area contributed by atoms with Gasteiger partial charge in [-0.3, -0.25) is 0 Å². The van der Waals surface area contributed by atoms with Gasteiger partial charge in [0.25, 0.3) is 0 Å². The molecule has 2 bridgehead atoms. The molecule has 1 unspecified atom stereocenters. The minimum Gasteiger partial charge on any atom is -0.387 e. The summed E-state index contributed by atoms with van der Waals surface area (Å²) in [6, 6.07) is 0. The number of aliphatic hydroxyl groups is 1. The lowest BCUT2D eigenvalue weighted by molar-refractivity contribution is -0.181. The maximum atomic E-state index is 10.7. The lowest BCUT2D eigenvalue weighted by Crippen LogP contribution is -2.46. The topological polar surface area (TPSA) is 80.3 Å². The first-order valence-electron chi connectivity index (χ1n) is 7.78. The zero-order valence-corrected chi connectivity index (χ0v) is 14.9. The standard InChI is InChI=1S/C16H26N3O3P/c1-10-8-19(11(2)18-14(10)17)15-12-13(20)16(22-15,9-21-12)6-7-23(3,4)5/h8,12-13,15,20H,2-3,6-7,9H2,1,4-5H3,(H2,17,18)/t12?,13-,15+,16-/m0/s1. The molecule has 0 amide bonds. The van der Waals surface area contributed by atoms with Crippen LogP contribution in [-0.2, 0) is 9.47 Å². The summed E-state index contributed by atoms with van der Waals surface area (Å²) in [5, 5.41) is 10.7. The molecule has 0 radical (unpaired) electrons. The Kier molecular flexibility index (Phi) is 4.00. The zero-order valence-electron chi connectivity index (χ0n) is 14.0. The maximum absolute atomic E-state index is 10.7. The van der Waals surface area contributed by atoms with Gasteiger partial charge in [0.2, 0.25) is 0 Å². The Morgan fingerprint density at radius 3 is 2.91 bits per heavy atom. The lowest BCUT2D eigenvalue weighted by Gasteiger charge is -2.37. The molecule has 0 saturated carbocycles. The van der Waals surface area contributed by atoms with Gasteiger partial charge in [0.1, 0.15) is 29.5 Å². The van der Waals surface area contributed by atoms with Crippen molar-refractivity contribution in [1.29, 1.82) is 0 Å². The first-order chi connectivity index (χ1) is 10.6. The van der Waals surface area contributed by atoms with Crippen LogP contribution in [0.2, 0.25) is 0 Å². The van der Waals surface area contributed by atoms with Crippen LogP contribution >= 0.6 is 6.89 Å². The SMILES string of the molecule is C=C1N=C(N)C(C)=CN1[C@@H]1O[C@@]2(CCP(=C)(C)C)COC1[C@@H]2O. The van der Waals surface area contributed by atoms with E-state index < -0.39 is 30.9 Å². The second kappa shape index (κ2) is 5.49.